The molecule has 0 radical (unpaired) electrons. The average molecular weight is 391 g/mol. The van der Waals surface area contributed by atoms with E-state index in [9.17, 15) is 9.18 Å². The summed E-state index contributed by atoms with van der Waals surface area (Å²) in [6.07, 6.45) is 1.28. The molecule has 0 unspecified atom stereocenters. The predicted octanol–water partition coefficient (Wildman–Crippen LogP) is 3.98. The zero-order valence-corrected chi connectivity index (χ0v) is 16.0. The van der Waals surface area contributed by atoms with Gasteiger partial charge in [-0.05, 0) is 48.4 Å². The molecule has 2 aromatic carbocycles. The van der Waals surface area contributed by atoms with E-state index in [2.05, 4.69) is 4.90 Å². The predicted molar refractivity (Wildman–Crippen MR) is 104 cm³/mol. The number of rotatable bonds is 6. The fourth-order valence-electron chi connectivity index (χ4n) is 3.17. The van der Waals surface area contributed by atoms with Crippen molar-refractivity contribution in [1.29, 1.82) is 0 Å². The molecule has 0 saturated carbocycles. The fraction of sp³-hybridized carbons (Fsp3) is 0.381. The van der Waals surface area contributed by atoms with Crippen LogP contribution in [0.5, 0.6) is 5.75 Å². The van der Waals surface area contributed by atoms with Crippen molar-refractivity contribution < 1.29 is 13.9 Å². The first-order chi connectivity index (χ1) is 13.1. The molecule has 3 rings (SSSR count). The molecule has 0 spiro atoms. The number of benzene rings is 2. The van der Waals surface area contributed by atoms with Crippen molar-refractivity contribution in [2.75, 3.05) is 32.8 Å². The van der Waals surface area contributed by atoms with E-state index in [1.165, 1.54) is 17.7 Å². The van der Waals surface area contributed by atoms with Crippen LogP contribution in [0.25, 0.3) is 0 Å². The van der Waals surface area contributed by atoms with Crippen LogP contribution in [0.4, 0.5) is 4.39 Å². The number of ether oxygens (including phenoxy) is 1. The van der Waals surface area contributed by atoms with Crippen LogP contribution in [0.15, 0.2) is 48.5 Å². The summed E-state index contributed by atoms with van der Waals surface area (Å²) in [6.45, 7) is 4.49. The minimum Gasteiger partial charge on any atom is -0.493 e. The Morgan fingerprint density at radius 1 is 1.00 bits per heavy atom. The molecule has 0 N–H and O–H groups in total. The Hall–Kier alpha value is -2.11. The minimum atomic E-state index is -0.300. The lowest BCUT2D eigenvalue weighted by Crippen LogP contribution is -2.35. The van der Waals surface area contributed by atoms with E-state index in [1.807, 2.05) is 29.2 Å². The molecule has 6 heteroatoms. The molecular formula is C21H24ClFN2O2. The summed E-state index contributed by atoms with van der Waals surface area (Å²) in [6, 6.07) is 13.7. The van der Waals surface area contributed by atoms with Crippen molar-refractivity contribution in [3.63, 3.8) is 0 Å². The van der Waals surface area contributed by atoms with Crippen molar-refractivity contribution in [3.8, 4) is 5.75 Å². The Kier molecular flexibility index (Phi) is 7.07. The minimum absolute atomic E-state index is 0.102. The van der Waals surface area contributed by atoms with Crippen LogP contribution >= 0.6 is 11.6 Å². The molecule has 2 aromatic rings. The zero-order valence-electron chi connectivity index (χ0n) is 15.2. The topological polar surface area (TPSA) is 32.8 Å². The van der Waals surface area contributed by atoms with Gasteiger partial charge in [0, 0.05) is 37.7 Å². The Morgan fingerprint density at radius 2 is 1.74 bits per heavy atom. The molecule has 0 bridgehead atoms. The molecule has 27 heavy (non-hydrogen) atoms. The second-order valence-electron chi connectivity index (χ2n) is 6.69. The number of carbonyl (C=O) groups excluding carboxylic acids is 1. The molecule has 0 atom stereocenters. The van der Waals surface area contributed by atoms with Gasteiger partial charge in [-0.25, -0.2) is 4.39 Å². The standard InChI is InChI=1S/C21H24ClFN2O2/c22-18-4-2-17(3-5-18)16-24-11-1-12-25(14-13-24)21(26)10-15-27-20-8-6-19(23)7-9-20/h2-9H,1,10-16H2. The summed E-state index contributed by atoms with van der Waals surface area (Å²) in [5, 5.41) is 0.745. The number of hydrogen-bond acceptors (Lipinski definition) is 3. The average Bonchev–Trinajstić information content (AvgIpc) is 2.91. The van der Waals surface area contributed by atoms with Crippen molar-refractivity contribution in [2.24, 2.45) is 0 Å². The molecule has 1 heterocycles. The molecule has 1 amide bonds. The van der Waals surface area contributed by atoms with Gasteiger partial charge in [-0.15, -0.1) is 0 Å². The fourth-order valence-corrected chi connectivity index (χ4v) is 3.30. The van der Waals surface area contributed by atoms with Crippen LogP contribution in [0, 0.1) is 5.82 Å². The maximum Gasteiger partial charge on any atom is 0.226 e. The number of amides is 1. The van der Waals surface area contributed by atoms with Gasteiger partial charge in [0.1, 0.15) is 11.6 Å². The normalized spacial score (nSPS) is 15.4. The third-order valence-electron chi connectivity index (χ3n) is 4.66. The van der Waals surface area contributed by atoms with Gasteiger partial charge in [0.05, 0.1) is 13.0 Å². The first-order valence-corrected chi connectivity index (χ1v) is 9.61. The van der Waals surface area contributed by atoms with E-state index in [0.717, 1.165) is 44.2 Å². The quantitative estimate of drug-likeness (QED) is 0.747. The number of nitrogens with zero attached hydrogens (tertiary/aromatic N) is 2. The first-order valence-electron chi connectivity index (χ1n) is 9.23. The monoisotopic (exact) mass is 390 g/mol. The Bertz CT molecular complexity index is 737. The summed E-state index contributed by atoms with van der Waals surface area (Å²) < 4.78 is 18.4. The molecule has 1 fully saturated rings. The summed E-state index contributed by atoms with van der Waals surface area (Å²) in [4.78, 5) is 16.7. The number of halogens is 2. The van der Waals surface area contributed by atoms with Gasteiger partial charge in [-0.1, -0.05) is 23.7 Å². The molecular weight excluding hydrogens is 367 g/mol. The maximum absolute atomic E-state index is 12.9. The summed E-state index contributed by atoms with van der Waals surface area (Å²) in [5.74, 6) is 0.380. The van der Waals surface area contributed by atoms with Crippen LogP contribution < -0.4 is 4.74 Å². The number of hydrogen-bond donors (Lipinski definition) is 0. The van der Waals surface area contributed by atoms with Crippen LogP contribution in [0.3, 0.4) is 0 Å². The summed E-state index contributed by atoms with van der Waals surface area (Å²) in [5.41, 5.74) is 1.23. The maximum atomic E-state index is 12.9. The van der Waals surface area contributed by atoms with E-state index >= 15 is 0 Å². The summed E-state index contributed by atoms with van der Waals surface area (Å²) in [7, 11) is 0. The van der Waals surface area contributed by atoms with Gasteiger partial charge in [-0.3, -0.25) is 9.69 Å². The molecule has 0 aromatic heterocycles. The van der Waals surface area contributed by atoms with Gasteiger partial charge < -0.3 is 9.64 Å². The highest BCUT2D eigenvalue weighted by atomic mass is 35.5. The first kappa shape index (κ1) is 19.6. The highest BCUT2D eigenvalue weighted by molar-refractivity contribution is 6.30. The van der Waals surface area contributed by atoms with E-state index in [0.29, 0.717) is 18.8 Å². The molecule has 144 valence electrons. The Morgan fingerprint density at radius 3 is 2.48 bits per heavy atom. The van der Waals surface area contributed by atoms with Gasteiger partial charge in [0.25, 0.3) is 0 Å². The van der Waals surface area contributed by atoms with Gasteiger partial charge >= 0.3 is 0 Å². The van der Waals surface area contributed by atoms with E-state index in [-0.39, 0.29) is 11.7 Å². The summed E-state index contributed by atoms with van der Waals surface area (Å²) >= 11 is 5.94. The van der Waals surface area contributed by atoms with E-state index < -0.39 is 0 Å². The van der Waals surface area contributed by atoms with Crippen LogP contribution in [0.1, 0.15) is 18.4 Å². The molecule has 1 aliphatic rings. The lowest BCUT2D eigenvalue weighted by molar-refractivity contribution is -0.131. The molecule has 1 saturated heterocycles. The zero-order chi connectivity index (χ0) is 19.1. The van der Waals surface area contributed by atoms with Crippen LogP contribution in [-0.2, 0) is 11.3 Å². The largest absolute Gasteiger partial charge is 0.493 e. The molecule has 4 nitrogen and oxygen atoms in total. The molecule has 0 aliphatic carbocycles. The smallest absolute Gasteiger partial charge is 0.226 e. The Labute approximate surface area is 164 Å². The Balaban J connectivity index is 1.42. The third-order valence-corrected chi connectivity index (χ3v) is 4.91. The highest BCUT2D eigenvalue weighted by Gasteiger charge is 2.19. The van der Waals surface area contributed by atoms with Crippen molar-refractivity contribution in [3.05, 3.63) is 64.9 Å². The van der Waals surface area contributed by atoms with Crippen molar-refractivity contribution in [2.45, 2.75) is 19.4 Å². The molecule has 1 aliphatic heterocycles. The van der Waals surface area contributed by atoms with Crippen LogP contribution in [-0.4, -0.2) is 48.5 Å². The lowest BCUT2D eigenvalue weighted by atomic mass is 10.2. The van der Waals surface area contributed by atoms with E-state index in [1.54, 1.807) is 12.1 Å². The lowest BCUT2D eigenvalue weighted by Gasteiger charge is -2.22. The van der Waals surface area contributed by atoms with Gasteiger partial charge in [-0.2, -0.15) is 0 Å². The van der Waals surface area contributed by atoms with Crippen molar-refractivity contribution in [1.82, 2.24) is 9.80 Å². The number of carbonyl (C=O) groups is 1. The van der Waals surface area contributed by atoms with Gasteiger partial charge in [0.2, 0.25) is 5.91 Å². The second-order valence-corrected chi connectivity index (χ2v) is 7.13. The van der Waals surface area contributed by atoms with Crippen molar-refractivity contribution >= 4 is 17.5 Å². The third kappa shape index (κ3) is 6.22. The van der Waals surface area contributed by atoms with E-state index in [4.69, 9.17) is 16.3 Å². The highest BCUT2D eigenvalue weighted by Crippen LogP contribution is 2.14. The SMILES string of the molecule is O=C(CCOc1ccc(F)cc1)N1CCCN(Cc2ccc(Cl)cc2)CC1. The van der Waals surface area contributed by atoms with Crippen LogP contribution in [0.2, 0.25) is 5.02 Å². The van der Waals surface area contributed by atoms with Gasteiger partial charge in [0.15, 0.2) is 0 Å². The second kappa shape index (κ2) is 9.72.